The number of rotatable bonds is 4. The molecule has 0 radical (unpaired) electrons. The lowest BCUT2D eigenvalue weighted by Gasteiger charge is -1.86. The fourth-order valence-corrected chi connectivity index (χ4v) is 0.500. The van der Waals surface area contributed by atoms with Crippen molar-refractivity contribution in [3.63, 3.8) is 0 Å². The standard InChI is InChI=1S/C6H14.C2H7NO.C2H4O2/c1-3-5-6-4-2;1-2-3-4;1-2(3)4/h3-6H2,1-2H3;3-4H,2H2,1H3;1H3,(H,3,4). The zero-order valence-electron chi connectivity index (χ0n) is 9.84. The Bertz CT molecular complexity index is 87.4. The molecule has 0 amide bonds. The Hall–Kier alpha value is -0.610. The highest BCUT2D eigenvalue weighted by Gasteiger charge is 1.75. The molecule has 4 nitrogen and oxygen atoms in total. The van der Waals surface area contributed by atoms with E-state index in [-0.39, 0.29) is 0 Å². The molecule has 0 aliphatic carbocycles. The van der Waals surface area contributed by atoms with E-state index in [4.69, 9.17) is 15.1 Å². The Balaban J connectivity index is -0.000000135. The molecule has 0 aromatic carbocycles. The summed E-state index contributed by atoms with van der Waals surface area (Å²) in [5.41, 5.74) is 1.93. The highest BCUT2D eigenvalue weighted by Crippen LogP contribution is 1.95. The van der Waals surface area contributed by atoms with Gasteiger partial charge in [0.2, 0.25) is 0 Å². The molecule has 14 heavy (non-hydrogen) atoms. The predicted octanol–water partition coefficient (Wildman–Crippen LogP) is 2.66. The molecular formula is C10H25NO3. The molecule has 88 valence electrons. The number of hydrogen-bond acceptors (Lipinski definition) is 3. The van der Waals surface area contributed by atoms with Gasteiger partial charge in [0.05, 0.1) is 0 Å². The van der Waals surface area contributed by atoms with Gasteiger partial charge in [0.25, 0.3) is 5.97 Å². The molecule has 0 bridgehead atoms. The minimum atomic E-state index is -0.833. The molecule has 0 aromatic rings. The summed E-state index contributed by atoms with van der Waals surface area (Å²) in [5, 5.41) is 15.0. The first-order valence-electron chi connectivity index (χ1n) is 5.13. The van der Waals surface area contributed by atoms with E-state index >= 15 is 0 Å². The van der Waals surface area contributed by atoms with Gasteiger partial charge in [-0.2, -0.15) is 0 Å². The van der Waals surface area contributed by atoms with E-state index in [1.54, 1.807) is 0 Å². The Kier molecular flexibility index (Phi) is 31.1. The Morgan fingerprint density at radius 2 is 1.36 bits per heavy atom. The highest BCUT2D eigenvalue weighted by molar-refractivity contribution is 5.62. The number of carbonyl (C=O) groups is 1. The maximum atomic E-state index is 9.00. The lowest BCUT2D eigenvalue weighted by atomic mass is 10.2. The van der Waals surface area contributed by atoms with Crippen molar-refractivity contribution in [2.45, 2.75) is 53.4 Å². The van der Waals surface area contributed by atoms with Crippen LogP contribution in [0.4, 0.5) is 0 Å². The van der Waals surface area contributed by atoms with Crippen LogP contribution in [0.25, 0.3) is 0 Å². The van der Waals surface area contributed by atoms with Gasteiger partial charge >= 0.3 is 0 Å². The molecule has 0 atom stereocenters. The molecule has 0 aliphatic heterocycles. The van der Waals surface area contributed by atoms with E-state index in [9.17, 15) is 0 Å². The summed E-state index contributed by atoms with van der Waals surface area (Å²) >= 11 is 0. The van der Waals surface area contributed by atoms with Gasteiger partial charge in [-0.15, -0.1) is 0 Å². The van der Waals surface area contributed by atoms with E-state index in [0.29, 0.717) is 6.54 Å². The van der Waals surface area contributed by atoms with Crippen LogP contribution in [0.1, 0.15) is 53.4 Å². The van der Waals surface area contributed by atoms with E-state index in [1.807, 2.05) is 12.4 Å². The fraction of sp³-hybridized carbons (Fsp3) is 0.900. The zero-order chi connectivity index (χ0) is 11.8. The van der Waals surface area contributed by atoms with Crippen LogP contribution in [-0.2, 0) is 4.79 Å². The second kappa shape index (κ2) is 22.8. The van der Waals surface area contributed by atoms with Crippen LogP contribution in [-0.4, -0.2) is 22.8 Å². The normalized spacial score (nSPS) is 7.79. The lowest BCUT2D eigenvalue weighted by molar-refractivity contribution is -0.134. The minimum absolute atomic E-state index is 0.625. The molecule has 0 saturated heterocycles. The summed E-state index contributed by atoms with van der Waals surface area (Å²) in [7, 11) is 0. The number of hydrogen-bond donors (Lipinski definition) is 3. The van der Waals surface area contributed by atoms with Crippen molar-refractivity contribution < 1.29 is 15.1 Å². The van der Waals surface area contributed by atoms with Gasteiger partial charge in [0, 0.05) is 13.5 Å². The molecule has 0 aromatic heterocycles. The summed E-state index contributed by atoms with van der Waals surface area (Å²) in [6.07, 6.45) is 5.54. The Morgan fingerprint density at radius 3 is 1.43 bits per heavy atom. The van der Waals surface area contributed by atoms with Crippen molar-refractivity contribution in [2.24, 2.45) is 0 Å². The second-order valence-electron chi connectivity index (χ2n) is 2.74. The highest BCUT2D eigenvalue weighted by atomic mass is 16.5. The van der Waals surface area contributed by atoms with Gasteiger partial charge in [0.1, 0.15) is 0 Å². The van der Waals surface area contributed by atoms with Crippen LogP contribution in [0.2, 0.25) is 0 Å². The first-order chi connectivity index (χ1) is 6.56. The zero-order valence-corrected chi connectivity index (χ0v) is 9.84. The van der Waals surface area contributed by atoms with Gasteiger partial charge in [-0.3, -0.25) is 4.79 Å². The summed E-state index contributed by atoms with van der Waals surface area (Å²) in [5.74, 6) is -0.833. The maximum absolute atomic E-state index is 9.00. The van der Waals surface area contributed by atoms with Gasteiger partial charge in [-0.05, 0) is 0 Å². The van der Waals surface area contributed by atoms with Crippen LogP contribution in [0.15, 0.2) is 0 Å². The number of hydroxylamine groups is 1. The summed E-state index contributed by atoms with van der Waals surface area (Å²) in [6.45, 7) is 7.99. The Labute approximate surface area is 87.3 Å². The first-order valence-corrected chi connectivity index (χ1v) is 5.13. The smallest absolute Gasteiger partial charge is 0.300 e. The van der Waals surface area contributed by atoms with Gasteiger partial charge in [-0.25, -0.2) is 5.48 Å². The van der Waals surface area contributed by atoms with E-state index in [2.05, 4.69) is 13.8 Å². The third-order valence-electron chi connectivity index (χ3n) is 1.12. The number of carboxylic acids is 1. The average molecular weight is 207 g/mol. The van der Waals surface area contributed by atoms with Crippen LogP contribution >= 0.6 is 0 Å². The molecule has 0 saturated carbocycles. The van der Waals surface area contributed by atoms with E-state index in [0.717, 1.165) is 6.92 Å². The number of carboxylic acid groups (broad SMARTS) is 1. The van der Waals surface area contributed by atoms with Gasteiger partial charge < -0.3 is 10.3 Å². The summed E-state index contributed by atoms with van der Waals surface area (Å²) in [4.78, 5) is 9.00. The van der Waals surface area contributed by atoms with Crippen molar-refractivity contribution in [3.05, 3.63) is 0 Å². The Morgan fingerprint density at radius 1 is 1.14 bits per heavy atom. The van der Waals surface area contributed by atoms with E-state index in [1.165, 1.54) is 25.7 Å². The molecule has 0 spiro atoms. The largest absolute Gasteiger partial charge is 0.481 e. The number of aliphatic carboxylic acids is 1. The van der Waals surface area contributed by atoms with Crippen molar-refractivity contribution >= 4 is 5.97 Å². The molecule has 0 unspecified atom stereocenters. The number of unbranched alkanes of at least 4 members (excludes halogenated alkanes) is 3. The number of nitrogens with one attached hydrogen (secondary N) is 1. The topological polar surface area (TPSA) is 69.6 Å². The predicted molar refractivity (Wildman–Crippen MR) is 58.6 cm³/mol. The van der Waals surface area contributed by atoms with Crippen molar-refractivity contribution in [3.8, 4) is 0 Å². The first kappa shape index (κ1) is 19.0. The van der Waals surface area contributed by atoms with Crippen molar-refractivity contribution in [2.75, 3.05) is 6.54 Å². The van der Waals surface area contributed by atoms with Crippen LogP contribution in [0.3, 0.4) is 0 Å². The van der Waals surface area contributed by atoms with Crippen molar-refractivity contribution in [1.29, 1.82) is 0 Å². The molecule has 3 N–H and O–H groups in total. The van der Waals surface area contributed by atoms with Gasteiger partial charge in [-0.1, -0.05) is 46.5 Å². The van der Waals surface area contributed by atoms with Crippen LogP contribution in [0, 0.1) is 0 Å². The lowest BCUT2D eigenvalue weighted by Crippen LogP contribution is -2.02. The quantitative estimate of drug-likeness (QED) is 0.489. The third kappa shape index (κ3) is 107. The summed E-state index contributed by atoms with van der Waals surface area (Å²) < 4.78 is 0. The second-order valence-corrected chi connectivity index (χ2v) is 2.74. The SMILES string of the molecule is CC(=O)O.CCCCCC.CCNO. The van der Waals surface area contributed by atoms with Gasteiger partial charge in [0.15, 0.2) is 0 Å². The molecule has 0 fully saturated rings. The molecule has 0 rings (SSSR count). The molecule has 0 heterocycles. The molecular weight excluding hydrogens is 182 g/mol. The maximum Gasteiger partial charge on any atom is 0.300 e. The molecule has 4 heteroatoms. The third-order valence-corrected chi connectivity index (χ3v) is 1.12. The van der Waals surface area contributed by atoms with Crippen molar-refractivity contribution in [1.82, 2.24) is 5.48 Å². The minimum Gasteiger partial charge on any atom is -0.481 e. The van der Waals surface area contributed by atoms with E-state index < -0.39 is 5.97 Å². The van der Waals surface area contributed by atoms with Crippen LogP contribution in [0.5, 0.6) is 0 Å². The monoisotopic (exact) mass is 207 g/mol. The molecule has 0 aliphatic rings. The fourth-order valence-electron chi connectivity index (χ4n) is 0.500. The summed E-state index contributed by atoms with van der Waals surface area (Å²) in [6, 6.07) is 0. The average Bonchev–Trinajstić information content (AvgIpc) is 2.14. The van der Waals surface area contributed by atoms with Crippen LogP contribution < -0.4 is 5.48 Å².